The Kier molecular flexibility index (Phi) is 6.89. The molecule has 1 amide bonds. The average molecular weight is 283 g/mol. The van der Waals surface area contributed by atoms with E-state index >= 15 is 0 Å². The zero-order valence-electron chi connectivity index (χ0n) is 11.2. The molecule has 1 aliphatic rings. The molecule has 0 aromatic heterocycles. The van der Waals surface area contributed by atoms with E-state index in [0.29, 0.717) is 18.5 Å². The zero-order chi connectivity index (χ0) is 12.8. The van der Waals surface area contributed by atoms with Gasteiger partial charge in [0.05, 0.1) is 0 Å². The van der Waals surface area contributed by atoms with Gasteiger partial charge in [0, 0.05) is 18.5 Å². The fraction of sp³-hybridized carbons (Fsp3) is 0.533. The van der Waals surface area contributed by atoms with Gasteiger partial charge < -0.3 is 11.1 Å². The first kappa shape index (κ1) is 16.0. The number of halogens is 1. The Balaban J connectivity index is 0.00000180. The molecule has 0 unspecified atom stereocenters. The summed E-state index contributed by atoms with van der Waals surface area (Å²) in [6, 6.07) is 10.8. The molecule has 1 saturated carbocycles. The van der Waals surface area contributed by atoms with Crippen LogP contribution >= 0.6 is 12.4 Å². The summed E-state index contributed by atoms with van der Waals surface area (Å²) in [5.74, 6) is 0.166. The van der Waals surface area contributed by atoms with Gasteiger partial charge in [-0.25, -0.2) is 0 Å². The number of benzene rings is 1. The molecule has 0 spiro atoms. The lowest BCUT2D eigenvalue weighted by molar-refractivity contribution is -0.122. The van der Waals surface area contributed by atoms with Crippen LogP contribution in [0.1, 0.15) is 37.7 Å². The molecule has 106 valence electrons. The highest BCUT2D eigenvalue weighted by atomic mass is 35.5. The Morgan fingerprint density at radius 1 is 1.16 bits per heavy atom. The molecule has 0 atom stereocenters. The highest BCUT2D eigenvalue weighted by Crippen LogP contribution is 2.17. The second kappa shape index (κ2) is 8.18. The van der Waals surface area contributed by atoms with E-state index in [-0.39, 0.29) is 18.3 Å². The first-order chi connectivity index (χ1) is 8.74. The molecule has 1 aromatic rings. The van der Waals surface area contributed by atoms with Crippen molar-refractivity contribution >= 4 is 18.3 Å². The van der Waals surface area contributed by atoms with Crippen molar-refractivity contribution in [3.63, 3.8) is 0 Å². The molecule has 2 rings (SSSR count). The topological polar surface area (TPSA) is 55.1 Å². The summed E-state index contributed by atoms with van der Waals surface area (Å²) in [4.78, 5) is 11.8. The third kappa shape index (κ3) is 5.62. The molecule has 0 saturated heterocycles. The maximum atomic E-state index is 11.8. The highest BCUT2D eigenvalue weighted by molar-refractivity contribution is 5.85. The van der Waals surface area contributed by atoms with Crippen LogP contribution in [0.2, 0.25) is 0 Å². The van der Waals surface area contributed by atoms with Gasteiger partial charge in [0.25, 0.3) is 0 Å². The minimum Gasteiger partial charge on any atom is -0.353 e. The number of nitrogens with one attached hydrogen (secondary N) is 1. The van der Waals surface area contributed by atoms with Crippen molar-refractivity contribution < 1.29 is 4.79 Å². The normalized spacial score (nSPS) is 22.4. The predicted octanol–water partition coefficient (Wildman–Crippen LogP) is 2.43. The lowest BCUT2D eigenvalue weighted by Gasteiger charge is -2.26. The van der Waals surface area contributed by atoms with E-state index in [9.17, 15) is 4.79 Å². The van der Waals surface area contributed by atoms with Crippen molar-refractivity contribution in [2.45, 2.75) is 50.6 Å². The van der Waals surface area contributed by atoms with E-state index < -0.39 is 0 Å². The standard InChI is InChI=1S/C15H22N2O.ClH/c16-13-7-9-14(10-8-13)17-15(18)11-6-12-4-2-1-3-5-12;/h1-5,13-14H,6-11,16H2,(H,17,18);1H. The Hall–Kier alpha value is -1.06. The minimum absolute atomic E-state index is 0. The van der Waals surface area contributed by atoms with Crippen LogP contribution in [0.15, 0.2) is 30.3 Å². The van der Waals surface area contributed by atoms with Gasteiger partial charge in [-0.15, -0.1) is 12.4 Å². The molecule has 3 nitrogen and oxygen atoms in total. The second-order valence-corrected chi connectivity index (χ2v) is 5.16. The monoisotopic (exact) mass is 282 g/mol. The molecule has 0 radical (unpaired) electrons. The van der Waals surface area contributed by atoms with E-state index in [1.54, 1.807) is 0 Å². The van der Waals surface area contributed by atoms with E-state index in [1.165, 1.54) is 5.56 Å². The van der Waals surface area contributed by atoms with Crippen molar-refractivity contribution in [3.05, 3.63) is 35.9 Å². The van der Waals surface area contributed by atoms with Crippen molar-refractivity contribution in [3.8, 4) is 0 Å². The average Bonchev–Trinajstić information content (AvgIpc) is 2.40. The van der Waals surface area contributed by atoms with Gasteiger partial charge in [0.2, 0.25) is 5.91 Å². The SMILES string of the molecule is Cl.NC1CCC(NC(=O)CCc2ccccc2)CC1. The number of nitrogens with two attached hydrogens (primary N) is 1. The highest BCUT2D eigenvalue weighted by Gasteiger charge is 2.19. The fourth-order valence-corrected chi connectivity index (χ4v) is 2.47. The second-order valence-electron chi connectivity index (χ2n) is 5.16. The molecular formula is C15H23ClN2O. The number of rotatable bonds is 4. The van der Waals surface area contributed by atoms with Crippen LogP contribution in [0, 0.1) is 0 Å². The Morgan fingerprint density at radius 2 is 1.79 bits per heavy atom. The van der Waals surface area contributed by atoms with Crippen LogP contribution in [0.3, 0.4) is 0 Å². The molecule has 3 N–H and O–H groups in total. The number of carbonyl (C=O) groups excluding carboxylic acids is 1. The molecular weight excluding hydrogens is 260 g/mol. The fourth-order valence-electron chi connectivity index (χ4n) is 2.47. The van der Waals surface area contributed by atoms with Crippen LogP contribution < -0.4 is 11.1 Å². The summed E-state index contributed by atoms with van der Waals surface area (Å²) >= 11 is 0. The number of amides is 1. The summed E-state index contributed by atoms with van der Waals surface area (Å²) in [6.45, 7) is 0. The molecule has 1 aromatic carbocycles. The number of hydrogen-bond donors (Lipinski definition) is 2. The third-order valence-electron chi connectivity index (χ3n) is 3.62. The molecule has 0 bridgehead atoms. The van der Waals surface area contributed by atoms with E-state index in [4.69, 9.17) is 5.73 Å². The van der Waals surface area contributed by atoms with Gasteiger partial charge in [-0.05, 0) is 37.7 Å². The van der Waals surface area contributed by atoms with Gasteiger partial charge in [-0.1, -0.05) is 30.3 Å². The maximum Gasteiger partial charge on any atom is 0.220 e. The van der Waals surface area contributed by atoms with Gasteiger partial charge in [0.15, 0.2) is 0 Å². The zero-order valence-corrected chi connectivity index (χ0v) is 12.0. The summed E-state index contributed by atoms with van der Waals surface area (Å²) in [5.41, 5.74) is 7.07. The van der Waals surface area contributed by atoms with E-state index in [2.05, 4.69) is 17.4 Å². The van der Waals surface area contributed by atoms with Crippen molar-refractivity contribution in [1.29, 1.82) is 0 Å². The Labute approximate surface area is 121 Å². The molecule has 4 heteroatoms. The quantitative estimate of drug-likeness (QED) is 0.891. The van der Waals surface area contributed by atoms with Crippen LogP contribution in [0.5, 0.6) is 0 Å². The number of carbonyl (C=O) groups is 1. The molecule has 0 aliphatic heterocycles. The minimum atomic E-state index is 0. The van der Waals surface area contributed by atoms with Crippen LogP contribution in [-0.2, 0) is 11.2 Å². The summed E-state index contributed by atoms with van der Waals surface area (Å²) in [7, 11) is 0. The van der Waals surface area contributed by atoms with Crippen molar-refractivity contribution in [2.75, 3.05) is 0 Å². The smallest absolute Gasteiger partial charge is 0.220 e. The van der Waals surface area contributed by atoms with Crippen molar-refractivity contribution in [1.82, 2.24) is 5.32 Å². The van der Waals surface area contributed by atoms with Crippen LogP contribution in [0.4, 0.5) is 0 Å². The predicted molar refractivity (Wildman–Crippen MR) is 80.4 cm³/mol. The first-order valence-electron chi connectivity index (χ1n) is 6.83. The van der Waals surface area contributed by atoms with Gasteiger partial charge in [-0.3, -0.25) is 4.79 Å². The molecule has 0 heterocycles. The lowest BCUT2D eigenvalue weighted by Crippen LogP contribution is -2.40. The molecule has 1 aliphatic carbocycles. The molecule has 1 fully saturated rings. The summed E-state index contributed by atoms with van der Waals surface area (Å²) in [6.07, 6.45) is 5.51. The third-order valence-corrected chi connectivity index (χ3v) is 3.62. The van der Waals surface area contributed by atoms with Crippen molar-refractivity contribution in [2.24, 2.45) is 5.73 Å². The van der Waals surface area contributed by atoms with E-state index in [1.807, 2.05) is 18.2 Å². The largest absolute Gasteiger partial charge is 0.353 e. The Morgan fingerprint density at radius 3 is 2.42 bits per heavy atom. The number of hydrogen-bond acceptors (Lipinski definition) is 2. The van der Waals surface area contributed by atoms with Gasteiger partial charge in [0.1, 0.15) is 0 Å². The maximum absolute atomic E-state index is 11.8. The first-order valence-corrected chi connectivity index (χ1v) is 6.83. The number of aryl methyl sites for hydroxylation is 1. The van der Waals surface area contributed by atoms with Crippen LogP contribution in [0.25, 0.3) is 0 Å². The van der Waals surface area contributed by atoms with Crippen LogP contribution in [-0.4, -0.2) is 18.0 Å². The van der Waals surface area contributed by atoms with E-state index in [0.717, 1.165) is 32.1 Å². The molecule has 19 heavy (non-hydrogen) atoms. The lowest BCUT2D eigenvalue weighted by atomic mass is 9.92. The summed E-state index contributed by atoms with van der Waals surface area (Å²) < 4.78 is 0. The summed E-state index contributed by atoms with van der Waals surface area (Å²) in [5, 5.41) is 3.12. The van der Waals surface area contributed by atoms with Gasteiger partial charge >= 0.3 is 0 Å². The Bertz CT molecular complexity index is 375. The van der Waals surface area contributed by atoms with Gasteiger partial charge in [-0.2, -0.15) is 0 Å².